The molecule has 3 aliphatic carbocycles. The van der Waals surface area contributed by atoms with Gasteiger partial charge in [-0.3, -0.25) is 4.79 Å². The molecule has 1 aromatic rings. The van der Waals surface area contributed by atoms with Crippen LogP contribution in [0.15, 0.2) is 30.9 Å². The third-order valence-electron chi connectivity index (χ3n) is 7.52. The summed E-state index contributed by atoms with van der Waals surface area (Å²) < 4.78 is 12.3. The van der Waals surface area contributed by atoms with Gasteiger partial charge in [-0.25, -0.2) is 0 Å². The number of carbonyl (C=O) groups excluding carboxylic acids is 1. The van der Waals surface area contributed by atoms with Gasteiger partial charge >= 0.3 is 5.97 Å². The molecule has 0 aromatic heterocycles. The van der Waals surface area contributed by atoms with Crippen LogP contribution in [0, 0.1) is 23.7 Å². The molecule has 0 radical (unpaired) electrons. The molecule has 4 aliphatic rings. The minimum Gasteiger partial charge on any atom is -0.488 e. The molecule has 144 valence electrons. The molecule has 3 heteroatoms. The molecule has 0 N–H and O–H groups in total. The Morgan fingerprint density at radius 3 is 2.81 bits per heavy atom. The minimum absolute atomic E-state index is 0.00395. The van der Waals surface area contributed by atoms with Gasteiger partial charge in [0.25, 0.3) is 0 Å². The molecule has 5 rings (SSSR count). The Morgan fingerprint density at radius 2 is 2.07 bits per heavy atom. The summed E-state index contributed by atoms with van der Waals surface area (Å²) in [6.07, 6.45) is 7.45. The molecular weight excluding hydrogens is 336 g/mol. The van der Waals surface area contributed by atoms with Crippen molar-refractivity contribution in [1.29, 1.82) is 0 Å². The second kappa shape index (κ2) is 5.62. The SMILES string of the molecule is C=C[C@H]1CC[C@@H]2[C@H]3CCc4ccc(OC(C)(C)C)cc4[C@@H]3[C@@H]3C[C@@]21OC3=O. The fraction of sp³-hybridized carbons (Fsp3) is 0.625. The summed E-state index contributed by atoms with van der Waals surface area (Å²) in [6.45, 7) is 10.3. The molecule has 1 spiro atoms. The van der Waals surface area contributed by atoms with Gasteiger partial charge in [0.05, 0.1) is 5.92 Å². The van der Waals surface area contributed by atoms with Gasteiger partial charge in [-0.05, 0) is 75.6 Å². The first kappa shape index (κ1) is 17.3. The minimum atomic E-state index is -0.262. The number of hydrogen-bond acceptors (Lipinski definition) is 3. The lowest BCUT2D eigenvalue weighted by Crippen LogP contribution is -2.48. The van der Waals surface area contributed by atoms with Gasteiger partial charge in [0.2, 0.25) is 0 Å². The zero-order chi connectivity index (χ0) is 19.0. The van der Waals surface area contributed by atoms with Crippen molar-refractivity contribution in [2.75, 3.05) is 0 Å². The lowest BCUT2D eigenvalue weighted by atomic mass is 9.56. The van der Waals surface area contributed by atoms with Crippen LogP contribution in [0.25, 0.3) is 0 Å². The van der Waals surface area contributed by atoms with E-state index in [9.17, 15) is 4.79 Å². The van der Waals surface area contributed by atoms with Gasteiger partial charge in [-0.2, -0.15) is 0 Å². The highest BCUT2D eigenvalue weighted by Gasteiger charge is 2.67. The molecule has 0 amide bonds. The summed E-state index contributed by atoms with van der Waals surface area (Å²) in [4.78, 5) is 12.9. The van der Waals surface area contributed by atoms with Crippen molar-refractivity contribution in [2.24, 2.45) is 23.7 Å². The number of benzene rings is 1. The van der Waals surface area contributed by atoms with Crippen LogP contribution in [-0.2, 0) is 16.0 Å². The van der Waals surface area contributed by atoms with Crippen molar-refractivity contribution in [3.8, 4) is 5.75 Å². The molecule has 1 aromatic carbocycles. The Bertz CT molecular complexity index is 804. The maximum absolute atomic E-state index is 12.9. The van der Waals surface area contributed by atoms with Crippen LogP contribution in [0.5, 0.6) is 5.75 Å². The molecule has 0 unspecified atom stereocenters. The Labute approximate surface area is 162 Å². The highest BCUT2D eigenvalue weighted by atomic mass is 16.6. The zero-order valence-electron chi connectivity index (χ0n) is 16.7. The summed E-state index contributed by atoms with van der Waals surface area (Å²) in [6, 6.07) is 6.53. The normalized spacial score (nSPS) is 39.2. The van der Waals surface area contributed by atoms with Crippen molar-refractivity contribution in [1.82, 2.24) is 0 Å². The Kier molecular flexibility index (Phi) is 3.61. The number of aryl methyl sites for hydroxylation is 1. The highest BCUT2D eigenvalue weighted by molar-refractivity contribution is 5.78. The zero-order valence-corrected chi connectivity index (χ0v) is 16.7. The first-order valence-corrected chi connectivity index (χ1v) is 10.5. The third-order valence-corrected chi connectivity index (χ3v) is 7.52. The van der Waals surface area contributed by atoms with Crippen LogP contribution in [0.4, 0.5) is 0 Å². The smallest absolute Gasteiger partial charge is 0.310 e. The Balaban J connectivity index is 1.57. The summed E-state index contributed by atoms with van der Waals surface area (Å²) in [5.74, 6) is 2.57. The fourth-order valence-electron chi connectivity index (χ4n) is 6.70. The van der Waals surface area contributed by atoms with Gasteiger partial charge in [0.15, 0.2) is 0 Å². The Hall–Kier alpha value is -1.77. The third kappa shape index (κ3) is 2.43. The predicted octanol–water partition coefficient (Wildman–Crippen LogP) is 5.04. The van der Waals surface area contributed by atoms with E-state index in [1.165, 1.54) is 17.5 Å². The van der Waals surface area contributed by atoms with E-state index in [0.29, 0.717) is 17.8 Å². The Morgan fingerprint density at radius 1 is 1.26 bits per heavy atom. The average Bonchev–Trinajstić information content (AvgIpc) is 3.11. The number of fused-ring (bicyclic) bond motifs is 6. The van der Waals surface area contributed by atoms with Crippen molar-refractivity contribution in [3.63, 3.8) is 0 Å². The van der Waals surface area contributed by atoms with Crippen LogP contribution in [0.1, 0.15) is 63.5 Å². The van der Waals surface area contributed by atoms with Crippen molar-refractivity contribution >= 4 is 5.97 Å². The molecule has 3 nitrogen and oxygen atoms in total. The van der Waals surface area contributed by atoms with Gasteiger partial charge in [0, 0.05) is 24.2 Å². The van der Waals surface area contributed by atoms with Gasteiger partial charge in [-0.1, -0.05) is 12.1 Å². The maximum Gasteiger partial charge on any atom is 0.310 e. The van der Waals surface area contributed by atoms with Crippen LogP contribution < -0.4 is 4.74 Å². The van der Waals surface area contributed by atoms with Gasteiger partial charge in [-0.15, -0.1) is 6.58 Å². The van der Waals surface area contributed by atoms with E-state index in [0.717, 1.165) is 31.4 Å². The van der Waals surface area contributed by atoms with Crippen molar-refractivity contribution in [2.45, 2.75) is 70.0 Å². The standard InChI is InChI=1S/C24H30O3/c1-5-15-8-11-20-17-10-7-14-6-9-16(26-23(2,3)4)12-18(14)21(17)19-13-24(15,20)27-22(19)25/h5-6,9,12,15,17,19-21H,1,7-8,10-11,13H2,2-4H3/t15-,17+,19-,20+,21+,24-/m0/s1. The number of rotatable bonds is 2. The number of carbonyl (C=O) groups is 1. The monoisotopic (exact) mass is 366 g/mol. The second-order valence-corrected chi connectivity index (χ2v) is 10.0. The van der Waals surface area contributed by atoms with E-state index in [1.54, 1.807) is 0 Å². The average molecular weight is 367 g/mol. The molecule has 27 heavy (non-hydrogen) atoms. The molecule has 3 fully saturated rings. The molecule has 2 bridgehead atoms. The van der Waals surface area contributed by atoms with Crippen molar-refractivity contribution in [3.05, 3.63) is 42.0 Å². The number of esters is 1. The predicted molar refractivity (Wildman–Crippen MR) is 105 cm³/mol. The highest BCUT2D eigenvalue weighted by Crippen LogP contribution is 2.65. The van der Waals surface area contributed by atoms with E-state index in [4.69, 9.17) is 9.47 Å². The van der Waals surface area contributed by atoms with E-state index in [1.807, 2.05) is 6.08 Å². The van der Waals surface area contributed by atoms with E-state index in [-0.39, 0.29) is 29.0 Å². The topological polar surface area (TPSA) is 35.5 Å². The lowest BCUT2D eigenvalue weighted by molar-refractivity contribution is -0.154. The van der Waals surface area contributed by atoms with Crippen LogP contribution in [0.3, 0.4) is 0 Å². The molecule has 1 heterocycles. The second-order valence-electron chi connectivity index (χ2n) is 10.0. The van der Waals surface area contributed by atoms with E-state index < -0.39 is 0 Å². The fourth-order valence-corrected chi connectivity index (χ4v) is 6.70. The molecule has 1 aliphatic heterocycles. The summed E-state index contributed by atoms with van der Waals surface area (Å²) >= 11 is 0. The summed E-state index contributed by atoms with van der Waals surface area (Å²) in [5, 5.41) is 0. The first-order chi connectivity index (χ1) is 12.8. The quantitative estimate of drug-likeness (QED) is 0.543. The van der Waals surface area contributed by atoms with Gasteiger partial charge in [0.1, 0.15) is 17.0 Å². The molecule has 6 atom stereocenters. The van der Waals surface area contributed by atoms with Crippen molar-refractivity contribution < 1.29 is 14.3 Å². The van der Waals surface area contributed by atoms with Crippen LogP contribution in [-0.4, -0.2) is 17.2 Å². The molecule has 1 saturated heterocycles. The van der Waals surface area contributed by atoms with E-state index >= 15 is 0 Å². The maximum atomic E-state index is 12.9. The number of hydrogen-bond donors (Lipinski definition) is 0. The summed E-state index contributed by atoms with van der Waals surface area (Å²) in [5.41, 5.74) is 2.25. The largest absolute Gasteiger partial charge is 0.488 e. The number of ether oxygens (including phenoxy) is 2. The first-order valence-electron chi connectivity index (χ1n) is 10.5. The lowest BCUT2D eigenvalue weighted by Gasteiger charge is -2.47. The summed E-state index contributed by atoms with van der Waals surface area (Å²) in [7, 11) is 0. The molecular formula is C24H30O3. The van der Waals surface area contributed by atoms with Crippen LogP contribution in [0.2, 0.25) is 0 Å². The molecule has 2 saturated carbocycles. The van der Waals surface area contributed by atoms with Gasteiger partial charge < -0.3 is 9.47 Å². The van der Waals surface area contributed by atoms with E-state index in [2.05, 4.69) is 45.5 Å². The van der Waals surface area contributed by atoms with Crippen LogP contribution >= 0.6 is 0 Å².